The van der Waals surface area contributed by atoms with Crippen LogP contribution in [0.15, 0.2) is 52.9 Å². The second-order valence-electron chi connectivity index (χ2n) is 7.84. The van der Waals surface area contributed by atoms with Crippen molar-refractivity contribution in [3.05, 3.63) is 70.0 Å². The first kappa shape index (κ1) is 20.6. The van der Waals surface area contributed by atoms with Crippen LogP contribution in [0.5, 0.6) is 0 Å². The van der Waals surface area contributed by atoms with Crippen molar-refractivity contribution < 1.29 is 4.42 Å². The smallest absolute Gasteiger partial charge is 0.268 e. The van der Waals surface area contributed by atoms with Crippen LogP contribution in [-0.2, 0) is 5.41 Å². The van der Waals surface area contributed by atoms with E-state index in [1.807, 2.05) is 60.1 Å². The Morgan fingerprint density at radius 1 is 1.00 bits per heavy atom. The molecule has 0 atom stereocenters. The molecule has 2 aromatic carbocycles. The second-order valence-corrected chi connectivity index (χ2v) is 8.69. The number of benzene rings is 2. The quantitative estimate of drug-likeness (QED) is 0.338. The van der Waals surface area contributed by atoms with Crippen LogP contribution in [0.1, 0.15) is 38.6 Å². The van der Waals surface area contributed by atoms with Crippen LogP contribution >= 0.6 is 23.2 Å². The maximum atomic E-state index is 6.50. The normalized spacial score (nSPS) is 11.8. The SMILES string of the molecule is CCC(C)(C)c1nnc(-c2nn(-c3ccccc3Cl)c(-c3ccc(Cl)cc3)c2C)o1. The minimum atomic E-state index is -0.205. The van der Waals surface area contributed by atoms with E-state index in [9.17, 15) is 0 Å². The third kappa shape index (κ3) is 3.64. The van der Waals surface area contributed by atoms with Crippen molar-refractivity contribution in [2.75, 3.05) is 0 Å². The van der Waals surface area contributed by atoms with Gasteiger partial charge in [0.25, 0.3) is 5.89 Å². The van der Waals surface area contributed by atoms with Crippen LogP contribution in [0.25, 0.3) is 28.5 Å². The molecule has 0 unspecified atom stereocenters. The van der Waals surface area contributed by atoms with E-state index in [-0.39, 0.29) is 5.41 Å². The van der Waals surface area contributed by atoms with Gasteiger partial charge in [-0.1, -0.05) is 68.2 Å². The van der Waals surface area contributed by atoms with E-state index in [4.69, 9.17) is 32.7 Å². The minimum Gasteiger partial charge on any atom is -0.419 e. The molecule has 4 rings (SSSR count). The zero-order chi connectivity index (χ0) is 21.5. The van der Waals surface area contributed by atoms with Gasteiger partial charge in [-0.05, 0) is 37.6 Å². The second kappa shape index (κ2) is 7.89. The molecule has 30 heavy (non-hydrogen) atoms. The number of hydrogen-bond donors (Lipinski definition) is 0. The molecule has 7 heteroatoms. The summed E-state index contributed by atoms with van der Waals surface area (Å²) in [7, 11) is 0. The highest BCUT2D eigenvalue weighted by atomic mass is 35.5. The fourth-order valence-electron chi connectivity index (χ4n) is 3.19. The Hall–Kier alpha value is -2.63. The molecule has 0 radical (unpaired) electrons. The molecule has 4 aromatic rings. The van der Waals surface area contributed by atoms with Gasteiger partial charge in [-0.15, -0.1) is 10.2 Å². The first-order valence-corrected chi connectivity index (χ1v) is 10.5. The Morgan fingerprint density at radius 2 is 1.70 bits per heavy atom. The molecular formula is C23H22Cl2N4O. The van der Waals surface area contributed by atoms with E-state index in [1.54, 1.807) is 0 Å². The highest BCUT2D eigenvalue weighted by Crippen LogP contribution is 2.36. The van der Waals surface area contributed by atoms with E-state index >= 15 is 0 Å². The van der Waals surface area contributed by atoms with Crippen LogP contribution in [0.3, 0.4) is 0 Å². The number of hydrogen-bond acceptors (Lipinski definition) is 4. The van der Waals surface area contributed by atoms with Crippen LogP contribution in [-0.4, -0.2) is 20.0 Å². The summed E-state index contributed by atoms with van der Waals surface area (Å²) in [6.45, 7) is 8.26. The molecule has 0 aliphatic carbocycles. The zero-order valence-corrected chi connectivity index (χ0v) is 18.8. The lowest BCUT2D eigenvalue weighted by Gasteiger charge is -2.16. The molecule has 2 aromatic heterocycles. The van der Waals surface area contributed by atoms with E-state index in [1.165, 1.54) is 0 Å². The molecule has 0 saturated heterocycles. The molecule has 0 spiro atoms. The summed E-state index contributed by atoms with van der Waals surface area (Å²) in [6.07, 6.45) is 0.887. The van der Waals surface area contributed by atoms with E-state index in [0.717, 1.165) is 28.9 Å². The Morgan fingerprint density at radius 3 is 2.37 bits per heavy atom. The number of para-hydroxylation sites is 1. The third-order valence-electron chi connectivity index (χ3n) is 5.41. The minimum absolute atomic E-state index is 0.205. The molecule has 0 bridgehead atoms. The average molecular weight is 441 g/mol. The largest absolute Gasteiger partial charge is 0.419 e. The van der Waals surface area contributed by atoms with Gasteiger partial charge in [0.1, 0.15) is 0 Å². The summed E-state index contributed by atoms with van der Waals surface area (Å²) >= 11 is 12.6. The topological polar surface area (TPSA) is 56.7 Å². The average Bonchev–Trinajstić information content (AvgIpc) is 3.35. The fraction of sp³-hybridized carbons (Fsp3) is 0.261. The molecule has 2 heterocycles. The van der Waals surface area contributed by atoms with Gasteiger partial charge in [-0.2, -0.15) is 5.10 Å². The molecule has 0 amide bonds. The van der Waals surface area contributed by atoms with E-state index in [0.29, 0.717) is 27.5 Å². The van der Waals surface area contributed by atoms with Crippen molar-refractivity contribution in [3.63, 3.8) is 0 Å². The Kier molecular flexibility index (Phi) is 5.43. The maximum Gasteiger partial charge on any atom is 0.268 e. The molecule has 0 N–H and O–H groups in total. The van der Waals surface area contributed by atoms with Crippen molar-refractivity contribution in [2.45, 2.75) is 39.5 Å². The Labute approximate surface area is 185 Å². The van der Waals surface area contributed by atoms with Gasteiger partial charge in [-0.25, -0.2) is 4.68 Å². The van der Waals surface area contributed by atoms with Crippen molar-refractivity contribution >= 4 is 23.2 Å². The molecule has 0 fully saturated rings. The van der Waals surface area contributed by atoms with Crippen molar-refractivity contribution in [1.29, 1.82) is 0 Å². The lowest BCUT2D eigenvalue weighted by atomic mass is 9.90. The summed E-state index contributed by atoms with van der Waals surface area (Å²) < 4.78 is 7.87. The molecule has 154 valence electrons. The van der Waals surface area contributed by atoms with Crippen LogP contribution in [0, 0.1) is 6.92 Å². The summed E-state index contributed by atoms with van der Waals surface area (Å²) in [5.74, 6) is 0.991. The standard InChI is InChI=1S/C23H22Cl2N4O/c1-5-23(3,4)22-27-26-21(30-22)19-14(2)20(15-10-12-16(24)13-11-15)29(28-19)18-9-7-6-8-17(18)25/h6-13H,5H2,1-4H3. The molecule has 0 aliphatic rings. The van der Waals surface area contributed by atoms with Crippen molar-refractivity contribution in [3.8, 4) is 28.5 Å². The van der Waals surface area contributed by atoms with Crippen LogP contribution in [0.2, 0.25) is 10.0 Å². The van der Waals surface area contributed by atoms with Gasteiger partial charge in [0, 0.05) is 21.6 Å². The molecular weight excluding hydrogens is 419 g/mol. The van der Waals surface area contributed by atoms with Gasteiger partial charge < -0.3 is 4.42 Å². The van der Waals surface area contributed by atoms with E-state index in [2.05, 4.69) is 31.0 Å². The fourth-order valence-corrected chi connectivity index (χ4v) is 3.53. The van der Waals surface area contributed by atoms with E-state index < -0.39 is 0 Å². The summed E-state index contributed by atoms with van der Waals surface area (Å²) in [6, 6.07) is 15.2. The van der Waals surface area contributed by atoms with Crippen molar-refractivity contribution in [1.82, 2.24) is 20.0 Å². The number of aromatic nitrogens is 4. The van der Waals surface area contributed by atoms with Gasteiger partial charge in [0.15, 0.2) is 5.69 Å². The number of halogens is 2. The predicted octanol–water partition coefficient (Wildman–Crippen LogP) is 6.89. The van der Waals surface area contributed by atoms with Gasteiger partial charge in [0.05, 0.1) is 16.4 Å². The Balaban J connectivity index is 1.93. The summed E-state index contributed by atoms with van der Waals surface area (Å²) in [5, 5.41) is 14.7. The Bertz CT molecular complexity index is 1190. The highest BCUT2D eigenvalue weighted by Gasteiger charge is 2.28. The monoisotopic (exact) mass is 440 g/mol. The molecule has 0 aliphatic heterocycles. The first-order chi connectivity index (χ1) is 14.3. The predicted molar refractivity (Wildman–Crippen MR) is 120 cm³/mol. The lowest BCUT2D eigenvalue weighted by molar-refractivity contribution is 0.364. The zero-order valence-electron chi connectivity index (χ0n) is 17.3. The van der Waals surface area contributed by atoms with Gasteiger partial charge >= 0.3 is 0 Å². The number of rotatable bonds is 5. The highest BCUT2D eigenvalue weighted by molar-refractivity contribution is 6.32. The van der Waals surface area contributed by atoms with Gasteiger partial charge in [0.2, 0.25) is 5.89 Å². The first-order valence-electron chi connectivity index (χ1n) is 9.76. The summed E-state index contributed by atoms with van der Waals surface area (Å²) in [5.41, 5.74) is 3.97. The van der Waals surface area contributed by atoms with Crippen LogP contribution < -0.4 is 0 Å². The third-order valence-corrected chi connectivity index (χ3v) is 5.98. The van der Waals surface area contributed by atoms with Gasteiger partial charge in [-0.3, -0.25) is 0 Å². The van der Waals surface area contributed by atoms with Crippen LogP contribution in [0.4, 0.5) is 0 Å². The lowest BCUT2D eigenvalue weighted by Crippen LogP contribution is -2.15. The number of nitrogens with zero attached hydrogens (tertiary/aromatic N) is 4. The molecule has 5 nitrogen and oxygen atoms in total. The maximum absolute atomic E-state index is 6.50. The summed E-state index contributed by atoms with van der Waals surface area (Å²) in [4.78, 5) is 0. The molecule has 0 saturated carbocycles. The van der Waals surface area contributed by atoms with Crippen molar-refractivity contribution in [2.24, 2.45) is 0 Å².